The smallest absolute Gasteiger partial charge is 0.123 e. The normalized spacial score (nSPS) is 37.0. The Balaban J connectivity index is 1.93. The summed E-state index contributed by atoms with van der Waals surface area (Å²) in [5.74, 6) is -0.109. The highest BCUT2D eigenvalue weighted by molar-refractivity contribution is 5.43. The molecule has 3 saturated carbocycles. The Morgan fingerprint density at radius 3 is 2.60 bits per heavy atom. The molecule has 0 radical (unpaired) electrons. The van der Waals surface area contributed by atoms with Crippen LogP contribution in [0.1, 0.15) is 30.4 Å². The lowest BCUT2D eigenvalue weighted by molar-refractivity contribution is -0.133. The van der Waals surface area contributed by atoms with Crippen molar-refractivity contribution >= 4 is 0 Å². The highest BCUT2D eigenvalue weighted by Crippen LogP contribution is 2.73. The van der Waals surface area contributed by atoms with Crippen LogP contribution in [0.25, 0.3) is 0 Å². The number of rotatable bonds is 2. The van der Waals surface area contributed by atoms with Gasteiger partial charge in [-0.1, -0.05) is 6.07 Å². The van der Waals surface area contributed by atoms with Crippen LogP contribution in [0.2, 0.25) is 0 Å². The van der Waals surface area contributed by atoms with E-state index in [1.54, 1.807) is 12.1 Å². The molecule has 1 nitrogen and oxygen atoms in total. The highest BCUT2D eigenvalue weighted by atomic mass is 19.1. The molecule has 0 unspecified atom stereocenters. The SMILES string of the molecule is Cc1ccc(F)cc1C12CC(CN)(C1)C2. The summed E-state index contributed by atoms with van der Waals surface area (Å²) in [6.07, 6.45) is 3.50. The molecule has 0 atom stereocenters. The van der Waals surface area contributed by atoms with E-state index in [1.807, 2.05) is 6.07 Å². The third kappa shape index (κ3) is 1.06. The Bertz CT molecular complexity index is 405. The maximum Gasteiger partial charge on any atom is 0.123 e. The monoisotopic (exact) mass is 205 g/mol. The standard InChI is InChI=1S/C13H16FN/c1-9-2-3-10(14)4-11(9)13-5-12(6-13,7-13)8-15/h2-4H,5-8,15H2,1H3. The van der Waals surface area contributed by atoms with Crippen molar-refractivity contribution in [2.45, 2.75) is 31.6 Å². The van der Waals surface area contributed by atoms with Crippen LogP contribution in [0.5, 0.6) is 0 Å². The van der Waals surface area contributed by atoms with E-state index < -0.39 is 0 Å². The summed E-state index contributed by atoms with van der Waals surface area (Å²) in [5.41, 5.74) is 8.88. The molecule has 0 saturated heterocycles. The van der Waals surface area contributed by atoms with Crippen molar-refractivity contribution in [2.24, 2.45) is 11.1 Å². The van der Waals surface area contributed by atoms with Crippen molar-refractivity contribution in [1.82, 2.24) is 0 Å². The summed E-state index contributed by atoms with van der Waals surface area (Å²) in [6, 6.07) is 5.15. The highest BCUT2D eigenvalue weighted by Gasteiger charge is 2.67. The minimum absolute atomic E-state index is 0.109. The van der Waals surface area contributed by atoms with Gasteiger partial charge in [0.05, 0.1) is 0 Å². The van der Waals surface area contributed by atoms with Gasteiger partial charge in [-0.2, -0.15) is 0 Å². The van der Waals surface area contributed by atoms with Crippen molar-refractivity contribution in [3.05, 3.63) is 35.1 Å². The van der Waals surface area contributed by atoms with Gasteiger partial charge in [0.1, 0.15) is 5.82 Å². The fourth-order valence-electron chi connectivity index (χ4n) is 3.67. The van der Waals surface area contributed by atoms with Gasteiger partial charge < -0.3 is 5.73 Å². The molecular weight excluding hydrogens is 189 g/mol. The van der Waals surface area contributed by atoms with E-state index in [0.29, 0.717) is 5.41 Å². The first-order valence-electron chi connectivity index (χ1n) is 5.56. The topological polar surface area (TPSA) is 26.0 Å². The number of benzene rings is 1. The van der Waals surface area contributed by atoms with Gasteiger partial charge >= 0.3 is 0 Å². The molecule has 1 aromatic carbocycles. The molecule has 1 aromatic rings. The largest absolute Gasteiger partial charge is 0.330 e. The minimum Gasteiger partial charge on any atom is -0.330 e. The van der Waals surface area contributed by atoms with Crippen molar-refractivity contribution in [3.8, 4) is 0 Å². The Morgan fingerprint density at radius 1 is 1.33 bits per heavy atom. The molecule has 3 aliphatic carbocycles. The molecule has 3 fully saturated rings. The summed E-state index contributed by atoms with van der Waals surface area (Å²) in [5, 5.41) is 0. The summed E-state index contributed by atoms with van der Waals surface area (Å²) < 4.78 is 13.2. The number of aryl methyl sites for hydroxylation is 1. The van der Waals surface area contributed by atoms with Crippen LogP contribution in [0.15, 0.2) is 18.2 Å². The van der Waals surface area contributed by atoms with E-state index >= 15 is 0 Å². The van der Waals surface area contributed by atoms with Gasteiger partial charge in [0, 0.05) is 0 Å². The van der Waals surface area contributed by atoms with Crippen LogP contribution >= 0.6 is 0 Å². The van der Waals surface area contributed by atoms with Crippen molar-refractivity contribution < 1.29 is 4.39 Å². The van der Waals surface area contributed by atoms with E-state index in [0.717, 1.165) is 6.54 Å². The second kappa shape index (κ2) is 2.62. The van der Waals surface area contributed by atoms with Crippen LogP contribution in [-0.4, -0.2) is 6.54 Å². The van der Waals surface area contributed by atoms with Gasteiger partial charge in [-0.05, 0) is 66.8 Å². The van der Waals surface area contributed by atoms with E-state index in [9.17, 15) is 4.39 Å². The minimum atomic E-state index is -0.109. The van der Waals surface area contributed by atoms with Crippen LogP contribution in [0.4, 0.5) is 4.39 Å². The molecule has 0 aromatic heterocycles. The Labute approximate surface area is 89.5 Å². The predicted octanol–water partition coefficient (Wildman–Crippen LogP) is 2.51. The van der Waals surface area contributed by atoms with Gasteiger partial charge in [0.2, 0.25) is 0 Å². The summed E-state index contributed by atoms with van der Waals surface area (Å²) in [7, 11) is 0. The number of hydrogen-bond acceptors (Lipinski definition) is 1. The van der Waals surface area contributed by atoms with E-state index in [4.69, 9.17) is 5.73 Å². The van der Waals surface area contributed by atoms with Gasteiger partial charge in [-0.15, -0.1) is 0 Å². The van der Waals surface area contributed by atoms with Gasteiger partial charge in [-0.25, -0.2) is 4.39 Å². The van der Waals surface area contributed by atoms with Crippen LogP contribution < -0.4 is 5.73 Å². The van der Waals surface area contributed by atoms with E-state index in [-0.39, 0.29) is 11.2 Å². The first-order valence-corrected chi connectivity index (χ1v) is 5.56. The number of halogens is 1. The molecular formula is C13H16FN. The fourth-order valence-corrected chi connectivity index (χ4v) is 3.67. The average Bonchev–Trinajstić information content (AvgIpc) is 2.07. The van der Waals surface area contributed by atoms with Gasteiger partial charge in [-0.3, -0.25) is 0 Å². The summed E-state index contributed by atoms with van der Waals surface area (Å²) in [6.45, 7) is 2.87. The van der Waals surface area contributed by atoms with E-state index in [1.165, 1.54) is 30.4 Å². The zero-order chi connectivity index (χ0) is 10.7. The Morgan fingerprint density at radius 2 is 2.00 bits per heavy atom. The maximum atomic E-state index is 13.2. The molecule has 3 aliphatic rings. The lowest BCUT2D eigenvalue weighted by Crippen LogP contribution is -2.67. The van der Waals surface area contributed by atoms with E-state index in [2.05, 4.69) is 6.92 Å². The second-order valence-electron chi connectivity index (χ2n) is 5.47. The van der Waals surface area contributed by atoms with Crippen molar-refractivity contribution in [3.63, 3.8) is 0 Å². The molecule has 15 heavy (non-hydrogen) atoms. The number of nitrogens with two attached hydrogens (primary N) is 1. The van der Waals surface area contributed by atoms with Crippen LogP contribution in [-0.2, 0) is 5.41 Å². The second-order valence-corrected chi connectivity index (χ2v) is 5.47. The third-order valence-electron chi connectivity index (χ3n) is 4.34. The molecule has 0 amide bonds. The van der Waals surface area contributed by atoms with Crippen LogP contribution in [0.3, 0.4) is 0 Å². The molecule has 80 valence electrons. The summed E-state index contributed by atoms with van der Waals surface area (Å²) >= 11 is 0. The fraction of sp³-hybridized carbons (Fsp3) is 0.538. The zero-order valence-electron chi connectivity index (χ0n) is 9.02. The molecule has 2 bridgehead atoms. The first kappa shape index (κ1) is 9.34. The molecule has 4 rings (SSSR count). The molecule has 0 heterocycles. The van der Waals surface area contributed by atoms with Crippen molar-refractivity contribution in [1.29, 1.82) is 0 Å². The summed E-state index contributed by atoms with van der Waals surface area (Å²) in [4.78, 5) is 0. The third-order valence-corrected chi connectivity index (χ3v) is 4.34. The quantitative estimate of drug-likeness (QED) is 0.788. The molecule has 0 aliphatic heterocycles. The molecule has 2 heteroatoms. The predicted molar refractivity (Wildman–Crippen MR) is 58.2 cm³/mol. The lowest BCUT2D eigenvalue weighted by Gasteiger charge is -2.71. The molecule has 2 N–H and O–H groups in total. The number of hydrogen-bond donors (Lipinski definition) is 1. The first-order chi connectivity index (χ1) is 7.09. The zero-order valence-corrected chi connectivity index (χ0v) is 9.02. The van der Waals surface area contributed by atoms with Crippen LogP contribution in [0, 0.1) is 18.2 Å². The lowest BCUT2D eigenvalue weighted by atomic mass is 9.33. The van der Waals surface area contributed by atoms with Crippen molar-refractivity contribution in [2.75, 3.05) is 6.54 Å². The Hall–Kier alpha value is -0.890. The average molecular weight is 205 g/mol. The maximum absolute atomic E-state index is 13.2. The van der Waals surface area contributed by atoms with Gasteiger partial charge in [0.15, 0.2) is 0 Å². The molecule has 0 spiro atoms. The Kier molecular flexibility index (Phi) is 1.63. The van der Waals surface area contributed by atoms with Gasteiger partial charge in [0.25, 0.3) is 0 Å².